The third-order valence-electron chi connectivity index (χ3n) is 9.49. The molecular formula is C30H55NO21. The van der Waals surface area contributed by atoms with Crippen molar-refractivity contribution in [3.05, 3.63) is 0 Å². The van der Waals surface area contributed by atoms with Crippen LogP contribution in [0.1, 0.15) is 25.7 Å². The Labute approximate surface area is 298 Å². The fourth-order valence-electron chi connectivity index (χ4n) is 6.51. The summed E-state index contributed by atoms with van der Waals surface area (Å²) in [5, 5.41) is 136. The van der Waals surface area contributed by atoms with E-state index in [0.717, 1.165) is 0 Å². The van der Waals surface area contributed by atoms with Gasteiger partial charge >= 0.3 is 0 Å². The Kier molecular flexibility index (Phi) is 17.1. The quantitative estimate of drug-likeness (QED) is 0.0688. The third kappa shape index (κ3) is 10.3. The first-order chi connectivity index (χ1) is 24.8. The molecule has 0 aromatic rings. The molecular weight excluding hydrogens is 710 g/mol. The molecule has 4 fully saturated rings. The lowest BCUT2D eigenvalue weighted by Crippen LogP contribution is -2.63. The molecule has 0 radical (unpaired) electrons. The normalized spacial score (nSPS) is 47.9. The molecule has 0 aromatic carbocycles. The summed E-state index contributed by atoms with van der Waals surface area (Å²) in [5.74, 6) is 0. The topological polar surface area (TPSA) is 363 Å². The van der Waals surface area contributed by atoms with Gasteiger partial charge in [-0.1, -0.05) is 0 Å². The predicted molar refractivity (Wildman–Crippen MR) is 165 cm³/mol. The van der Waals surface area contributed by atoms with Gasteiger partial charge in [0.1, 0.15) is 85.5 Å². The minimum Gasteiger partial charge on any atom is -0.394 e. The van der Waals surface area contributed by atoms with Gasteiger partial charge < -0.3 is 110 Å². The molecule has 22 heteroatoms. The molecule has 0 spiro atoms. The summed E-state index contributed by atoms with van der Waals surface area (Å²) < 4.78 is 45.1. The van der Waals surface area contributed by atoms with Crippen LogP contribution in [-0.2, 0) is 37.9 Å². The number of aliphatic hydroxyl groups excluding tert-OH is 13. The Morgan fingerprint density at radius 1 is 0.442 bits per heavy atom. The summed E-state index contributed by atoms with van der Waals surface area (Å²) in [7, 11) is 0. The lowest BCUT2D eigenvalue weighted by atomic mass is 9.98. The van der Waals surface area contributed by atoms with Crippen molar-refractivity contribution >= 4 is 0 Å². The lowest BCUT2D eigenvalue weighted by Gasteiger charge is -2.44. The van der Waals surface area contributed by atoms with Crippen molar-refractivity contribution < 1.29 is 104 Å². The molecule has 0 bridgehead atoms. The van der Waals surface area contributed by atoms with Crippen LogP contribution in [0.5, 0.6) is 0 Å². The summed E-state index contributed by atoms with van der Waals surface area (Å²) in [5.41, 5.74) is 5.48. The summed E-state index contributed by atoms with van der Waals surface area (Å²) in [4.78, 5) is 0. The maximum absolute atomic E-state index is 11.1. The van der Waals surface area contributed by atoms with Gasteiger partial charge in [0.15, 0.2) is 25.2 Å². The van der Waals surface area contributed by atoms with Crippen LogP contribution in [0.2, 0.25) is 0 Å². The van der Waals surface area contributed by atoms with E-state index < -0.39 is 156 Å². The predicted octanol–water partition coefficient (Wildman–Crippen LogP) is -8.21. The molecule has 0 aromatic heterocycles. The van der Waals surface area contributed by atoms with E-state index in [0.29, 0.717) is 19.4 Å². The Hall–Kier alpha value is -0.880. The van der Waals surface area contributed by atoms with Gasteiger partial charge in [0.25, 0.3) is 0 Å². The fraction of sp³-hybridized carbons (Fsp3) is 1.00. The van der Waals surface area contributed by atoms with E-state index in [2.05, 4.69) is 0 Å². The molecule has 22 nitrogen and oxygen atoms in total. The van der Waals surface area contributed by atoms with Crippen molar-refractivity contribution in [3.63, 3.8) is 0 Å². The zero-order valence-corrected chi connectivity index (χ0v) is 28.3. The summed E-state index contributed by atoms with van der Waals surface area (Å²) in [6, 6.07) is 0. The number of unbranched alkanes of at least 4 members (excludes halogenated alkanes) is 1. The van der Waals surface area contributed by atoms with Crippen LogP contribution in [0.4, 0.5) is 0 Å². The zero-order valence-electron chi connectivity index (χ0n) is 28.3. The molecule has 0 saturated carbocycles. The van der Waals surface area contributed by atoms with Crippen LogP contribution in [0.15, 0.2) is 0 Å². The Balaban J connectivity index is 1.43. The minimum absolute atomic E-state index is 0.165. The summed E-state index contributed by atoms with van der Waals surface area (Å²) >= 11 is 0. The second-order valence-electron chi connectivity index (χ2n) is 13.3. The van der Waals surface area contributed by atoms with E-state index in [-0.39, 0.29) is 13.0 Å². The third-order valence-corrected chi connectivity index (χ3v) is 9.49. The van der Waals surface area contributed by atoms with Gasteiger partial charge in [0.2, 0.25) is 0 Å². The van der Waals surface area contributed by atoms with Crippen molar-refractivity contribution in [1.82, 2.24) is 0 Å². The number of hydrogen-bond donors (Lipinski definition) is 14. The SMILES string of the molecule is NCCCCO[C@@H]1OC(CO)[C@@H](O[C@H]2OC(CO)[C@H](O[C@H]3OC(CO)[C@@H](O[C@@H]4OC(CO)[C@@H](O)C(O)C4O)C(O)CC3O)C(O)C2O)C(O)CC1O. The van der Waals surface area contributed by atoms with Crippen LogP contribution in [0.25, 0.3) is 0 Å². The summed E-state index contributed by atoms with van der Waals surface area (Å²) in [6.45, 7) is -2.66. The van der Waals surface area contributed by atoms with Gasteiger partial charge in [-0.15, -0.1) is 0 Å². The number of aliphatic hydroxyl groups is 13. The zero-order chi connectivity index (χ0) is 38.3. The average Bonchev–Trinajstić information content (AvgIpc) is 3.31. The van der Waals surface area contributed by atoms with Crippen LogP contribution in [-0.4, -0.2) is 229 Å². The van der Waals surface area contributed by atoms with E-state index in [4.69, 9.17) is 43.6 Å². The van der Waals surface area contributed by atoms with Crippen molar-refractivity contribution in [2.45, 2.75) is 149 Å². The maximum atomic E-state index is 11.1. The minimum atomic E-state index is -1.96. The van der Waals surface area contributed by atoms with E-state index in [1.807, 2.05) is 0 Å². The van der Waals surface area contributed by atoms with E-state index in [1.165, 1.54) is 0 Å². The molecule has 4 aliphatic heterocycles. The number of nitrogens with two attached hydrogens (primary N) is 1. The van der Waals surface area contributed by atoms with Crippen molar-refractivity contribution in [1.29, 1.82) is 0 Å². The van der Waals surface area contributed by atoms with Crippen LogP contribution >= 0.6 is 0 Å². The van der Waals surface area contributed by atoms with Gasteiger partial charge in [0.05, 0.1) is 38.6 Å². The Morgan fingerprint density at radius 3 is 1.38 bits per heavy atom. The van der Waals surface area contributed by atoms with Gasteiger partial charge in [0, 0.05) is 19.4 Å². The highest BCUT2D eigenvalue weighted by molar-refractivity contribution is 4.95. The second-order valence-corrected chi connectivity index (χ2v) is 13.3. The molecule has 4 aliphatic rings. The summed E-state index contributed by atoms with van der Waals surface area (Å²) in [6.07, 6.45) is -32.1. The van der Waals surface area contributed by atoms with E-state index >= 15 is 0 Å². The highest BCUT2D eigenvalue weighted by Gasteiger charge is 2.52. The molecule has 0 amide bonds. The Morgan fingerprint density at radius 2 is 0.865 bits per heavy atom. The Bertz CT molecular complexity index is 1030. The van der Waals surface area contributed by atoms with Gasteiger partial charge in [-0.3, -0.25) is 0 Å². The first-order valence-electron chi connectivity index (χ1n) is 17.3. The molecule has 4 rings (SSSR count). The van der Waals surface area contributed by atoms with Crippen molar-refractivity contribution in [2.75, 3.05) is 39.6 Å². The van der Waals surface area contributed by atoms with Crippen LogP contribution in [0, 0.1) is 0 Å². The van der Waals surface area contributed by atoms with Gasteiger partial charge in [-0.05, 0) is 19.4 Å². The van der Waals surface area contributed by atoms with Gasteiger partial charge in [-0.2, -0.15) is 0 Å². The number of hydrogen-bond acceptors (Lipinski definition) is 22. The smallest absolute Gasteiger partial charge is 0.187 e. The molecule has 52 heavy (non-hydrogen) atoms. The fourth-order valence-corrected chi connectivity index (χ4v) is 6.51. The number of ether oxygens (including phenoxy) is 8. The molecule has 4 saturated heterocycles. The van der Waals surface area contributed by atoms with Gasteiger partial charge in [-0.25, -0.2) is 0 Å². The molecule has 12 unspecified atom stereocenters. The molecule has 306 valence electrons. The standard InChI is InChI=1S/C30H55NO21/c31-3-1-2-4-45-27-13(38)5-11(36)24(16(8-33)47-27)51-30-23(44)21(42)26(18(10-35)49-30)52-28-14(39)6-12(37)25(17(9-34)48-28)50-29-22(43)20(41)19(40)15(7-32)46-29/h11-30,32-44H,1-10,31H2/t11?,12?,13?,14?,15?,16?,17?,18?,19-,20?,21?,22?,23?,24+,25+,26+,27-,28-,29+,30-/m1/s1. The van der Waals surface area contributed by atoms with Crippen LogP contribution in [0.3, 0.4) is 0 Å². The van der Waals surface area contributed by atoms with E-state index in [9.17, 15) is 66.4 Å². The van der Waals surface area contributed by atoms with E-state index in [1.54, 1.807) is 0 Å². The lowest BCUT2D eigenvalue weighted by molar-refractivity contribution is -0.356. The first-order valence-corrected chi connectivity index (χ1v) is 17.3. The molecule has 4 heterocycles. The highest BCUT2D eigenvalue weighted by Crippen LogP contribution is 2.33. The average molecular weight is 766 g/mol. The molecule has 20 atom stereocenters. The monoisotopic (exact) mass is 765 g/mol. The molecule has 0 aliphatic carbocycles. The van der Waals surface area contributed by atoms with Crippen LogP contribution < -0.4 is 5.73 Å². The first kappa shape index (κ1) is 43.8. The maximum Gasteiger partial charge on any atom is 0.187 e. The largest absolute Gasteiger partial charge is 0.394 e. The highest BCUT2D eigenvalue weighted by atomic mass is 16.8. The second kappa shape index (κ2) is 20.3. The van der Waals surface area contributed by atoms with Crippen molar-refractivity contribution in [2.24, 2.45) is 5.73 Å². The molecule has 15 N–H and O–H groups in total. The van der Waals surface area contributed by atoms with Crippen molar-refractivity contribution in [3.8, 4) is 0 Å². The number of rotatable bonds is 15.